The molecule has 0 radical (unpaired) electrons. The summed E-state index contributed by atoms with van der Waals surface area (Å²) in [5, 5.41) is 8.70. The molecule has 0 saturated carbocycles. The summed E-state index contributed by atoms with van der Waals surface area (Å²) < 4.78 is 26.6. The number of carbonyl (C=O) groups excluding carboxylic acids is 1. The third-order valence-electron chi connectivity index (χ3n) is 2.42. The Labute approximate surface area is 107 Å². The molecule has 0 spiro atoms. The SMILES string of the molecule is Nc1cc(F)cc(C(=O)NCCc2ncn[nH]2)c1F. The van der Waals surface area contributed by atoms with E-state index in [-0.39, 0.29) is 6.54 Å². The average Bonchev–Trinajstić information content (AvgIpc) is 2.86. The summed E-state index contributed by atoms with van der Waals surface area (Å²) in [7, 11) is 0. The second-order valence-electron chi connectivity index (χ2n) is 3.79. The summed E-state index contributed by atoms with van der Waals surface area (Å²) in [6, 6.07) is 1.62. The number of nitrogens with zero attached hydrogens (tertiary/aromatic N) is 2. The first-order chi connectivity index (χ1) is 9.08. The summed E-state index contributed by atoms with van der Waals surface area (Å²) in [5.41, 5.74) is 4.42. The van der Waals surface area contributed by atoms with Gasteiger partial charge in [0, 0.05) is 13.0 Å². The molecular formula is C11H11F2N5O. The van der Waals surface area contributed by atoms with Crippen molar-refractivity contribution in [3.8, 4) is 0 Å². The number of benzene rings is 1. The van der Waals surface area contributed by atoms with Gasteiger partial charge in [-0.3, -0.25) is 9.89 Å². The fraction of sp³-hybridized carbons (Fsp3) is 0.182. The Kier molecular flexibility index (Phi) is 3.69. The van der Waals surface area contributed by atoms with E-state index < -0.39 is 28.8 Å². The van der Waals surface area contributed by atoms with Gasteiger partial charge in [0.15, 0.2) is 5.82 Å². The number of nitrogens with two attached hydrogens (primary N) is 1. The number of hydrogen-bond donors (Lipinski definition) is 3. The molecule has 2 aromatic rings. The van der Waals surface area contributed by atoms with Gasteiger partial charge in [-0.15, -0.1) is 0 Å². The van der Waals surface area contributed by atoms with Crippen molar-refractivity contribution in [2.45, 2.75) is 6.42 Å². The lowest BCUT2D eigenvalue weighted by atomic mass is 10.1. The predicted molar refractivity (Wildman–Crippen MR) is 63.2 cm³/mol. The smallest absolute Gasteiger partial charge is 0.254 e. The van der Waals surface area contributed by atoms with Crippen molar-refractivity contribution in [3.05, 3.63) is 41.5 Å². The topological polar surface area (TPSA) is 96.7 Å². The maximum atomic E-state index is 13.6. The minimum absolute atomic E-state index is 0.212. The van der Waals surface area contributed by atoms with Crippen LogP contribution >= 0.6 is 0 Å². The van der Waals surface area contributed by atoms with Crippen molar-refractivity contribution in [2.24, 2.45) is 0 Å². The Morgan fingerprint density at radius 1 is 1.42 bits per heavy atom. The number of nitrogen functional groups attached to an aromatic ring is 1. The van der Waals surface area contributed by atoms with Crippen LogP contribution in [0.2, 0.25) is 0 Å². The molecule has 100 valence electrons. The van der Waals surface area contributed by atoms with E-state index in [9.17, 15) is 13.6 Å². The minimum atomic E-state index is -0.932. The largest absolute Gasteiger partial charge is 0.396 e. The van der Waals surface area contributed by atoms with Gasteiger partial charge in [-0.25, -0.2) is 13.8 Å². The number of aromatic amines is 1. The van der Waals surface area contributed by atoms with Gasteiger partial charge < -0.3 is 11.1 Å². The maximum absolute atomic E-state index is 13.6. The molecule has 1 aromatic heterocycles. The molecule has 1 amide bonds. The summed E-state index contributed by atoms with van der Waals surface area (Å²) in [6.45, 7) is 0.212. The monoisotopic (exact) mass is 267 g/mol. The molecular weight excluding hydrogens is 256 g/mol. The van der Waals surface area contributed by atoms with Gasteiger partial charge in [-0.1, -0.05) is 0 Å². The van der Waals surface area contributed by atoms with Gasteiger partial charge in [0.05, 0.1) is 11.3 Å². The number of amides is 1. The molecule has 0 aliphatic rings. The zero-order valence-electron chi connectivity index (χ0n) is 9.78. The highest BCUT2D eigenvalue weighted by Crippen LogP contribution is 2.17. The van der Waals surface area contributed by atoms with E-state index in [4.69, 9.17) is 5.73 Å². The zero-order chi connectivity index (χ0) is 13.8. The number of halogens is 2. The fourth-order valence-electron chi connectivity index (χ4n) is 1.52. The lowest BCUT2D eigenvalue weighted by Gasteiger charge is -2.07. The van der Waals surface area contributed by atoms with Crippen molar-refractivity contribution < 1.29 is 13.6 Å². The number of rotatable bonds is 4. The highest BCUT2D eigenvalue weighted by atomic mass is 19.1. The molecule has 0 atom stereocenters. The molecule has 0 fully saturated rings. The van der Waals surface area contributed by atoms with Crippen LogP contribution in [0.15, 0.2) is 18.5 Å². The van der Waals surface area contributed by atoms with Crippen molar-refractivity contribution in [1.29, 1.82) is 0 Å². The second-order valence-corrected chi connectivity index (χ2v) is 3.79. The van der Waals surface area contributed by atoms with E-state index >= 15 is 0 Å². The third-order valence-corrected chi connectivity index (χ3v) is 2.42. The van der Waals surface area contributed by atoms with E-state index in [0.29, 0.717) is 12.2 Å². The summed E-state index contributed by atoms with van der Waals surface area (Å²) in [6.07, 6.45) is 1.74. The van der Waals surface area contributed by atoms with Crippen LogP contribution in [0.5, 0.6) is 0 Å². The Morgan fingerprint density at radius 2 is 2.21 bits per heavy atom. The molecule has 0 bridgehead atoms. The van der Waals surface area contributed by atoms with Crippen molar-refractivity contribution >= 4 is 11.6 Å². The quantitative estimate of drug-likeness (QED) is 0.708. The van der Waals surface area contributed by atoms with Gasteiger partial charge in [-0.2, -0.15) is 5.10 Å². The molecule has 6 nitrogen and oxygen atoms in total. The van der Waals surface area contributed by atoms with Crippen LogP contribution in [0.3, 0.4) is 0 Å². The molecule has 8 heteroatoms. The number of anilines is 1. The van der Waals surface area contributed by atoms with E-state index in [1.165, 1.54) is 6.33 Å². The number of hydrogen-bond acceptors (Lipinski definition) is 4. The predicted octanol–water partition coefficient (Wildman–Crippen LogP) is 0.638. The van der Waals surface area contributed by atoms with Gasteiger partial charge in [0.2, 0.25) is 0 Å². The number of aromatic nitrogens is 3. The molecule has 19 heavy (non-hydrogen) atoms. The Hall–Kier alpha value is -2.51. The molecule has 0 aliphatic heterocycles. The van der Waals surface area contributed by atoms with Crippen LogP contribution in [0.1, 0.15) is 16.2 Å². The summed E-state index contributed by atoms with van der Waals surface area (Å²) in [4.78, 5) is 15.5. The highest BCUT2D eigenvalue weighted by Gasteiger charge is 2.15. The first-order valence-electron chi connectivity index (χ1n) is 5.45. The zero-order valence-corrected chi connectivity index (χ0v) is 9.78. The first kappa shape index (κ1) is 12.9. The van der Waals surface area contributed by atoms with Gasteiger partial charge in [0.25, 0.3) is 5.91 Å². The van der Waals surface area contributed by atoms with Crippen LogP contribution < -0.4 is 11.1 Å². The highest BCUT2D eigenvalue weighted by molar-refractivity contribution is 5.95. The van der Waals surface area contributed by atoms with E-state index in [1.54, 1.807) is 0 Å². The molecule has 1 aromatic carbocycles. The van der Waals surface area contributed by atoms with Crippen molar-refractivity contribution in [2.75, 3.05) is 12.3 Å². The van der Waals surface area contributed by atoms with Crippen LogP contribution in [0.4, 0.5) is 14.5 Å². The van der Waals surface area contributed by atoms with Crippen LogP contribution in [-0.2, 0) is 6.42 Å². The van der Waals surface area contributed by atoms with Crippen molar-refractivity contribution in [3.63, 3.8) is 0 Å². The summed E-state index contributed by atoms with van der Waals surface area (Å²) >= 11 is 0. The normalized spacial score (nSPS) is 10.4. The summed E-state index contributed by atoms with van der Waals surface area (Å²) in [5.74, 6) is -1.85. The van der Waals surface area contributed by atoms with Gasteiger partial charge in [-0.05, 0) is 12.1 Å². The fourth-order valence-corrected chi connectivity index (χ4v) is 1.52. The Balaban J connectivity index is 2.00. The molecule has 0 saturated heterocycles. The van der Waals surface area contributed by atoms with E-state index in [2.05, 4.69) is 20.5 Å². The Morgan fingerprint density at radius 3 is 2.89 bits per heavy atom. The molecule has 2 rings (SSSR count). The number of nitrogens with one attached hydrogen (secondary N) is 2. The standard InChI is InChI=1S/C11H11F2N5O/c12-6-3-7(10(13)8(14)4-6)11(19)15-2-1-9-16-5-17-18-9/h3-5H,1-2,14H2,(H,15,19)(H,16,17,18). The van der Waals surface area contributed by atoms with Gasteiger partial charge in [0.1, 0.15) is 18.0 Å². The molecule has 0 aliphatic carbocycles. The molecule has 1 heterocycles. The van der Waals surface area contributed by atoms with Crippen molar-refractivity contribution in [1.82, 2.24) is 20.5 Å². The second kappa shape index (κ2) is 5.42. The lowest BCUT2D eigenvalue weighted by Crippen LogP contribution is -2.27. The third kappa shape index (κ3) is 3.03. The lowest BCUT2D eigenvalue weighted by molar-refractivity contribution is 0.0949. The molecule has 0 unspecified atom stereocenters. The van der Waals surface area contributed by atoms with Crippen LogP contribution in [-0.4, -0.2) is 27.6 Å². The van der Waals surface area contributed by atoms with E-state index in [0.717, 1.165) is 12.1 Å². The number of carbonyl (C=O) groups is 1. The van der Waals surface area contributed by atoms with Crippen LogP contribution in [0.25, 0.3) is 0 Å². The maximum Gasteiger partial charge on any atom is 0.254 e. The van der Waals surface area contributed by atoms with Gasteiger partial charge >= 0.3 is 0 Å². The first-order valence-corrected chi connectivity index (χ1v) is 5.45. The van der Waals surface area contributed by atoms with Crippen LogP contribution in [0, 0.1) is 11.6 Å². The minimum Gasteiger partial charge on any atom is -0.396 e. The Bertz CT molecular complexity index is 585. The average molecular weight is 267 g/mol. The molecule has 4 N–H and O–H groups in total. The van der Waals surface area contributed by atoms with E-state index in [1.807, 2.05) is 0 Å². The number of H-pyrrole nitrogens is 1.